The molecule has 0 unspecified atom stereocenters. The van der Waals surface area contributed by atoms with Crippen LogP contribution < -0.4 is 5.32 Å². The van der Waals surface area contributed by atoms with E-state index in [-0.39, 0.29) is 0 Å². The normalized spacial score (nSPS) is 10.4. The SMILES string of the molecule is Clc1ccc(Nc2cccc(-c3ccc(Cl)cn3)n2)nc1. The predicted molar refractivity (Wildman–Crippen MR) is 85.0 cm³/mol. The Balaban J connectivity index is 1.86. The minimum atomic E-state index is 0.590. The molecule has 1 N–H and O–H groups in total. The van der Waals surface area contributed by atoms with Crippen molar-refractivity contribution >= 4 is 34.8 Å². The van der Waals surface area contributed by atoms with Gasteiger partial charge in [-0.1, -0.05) is 29.3 Å². The van der Waals surface area contributed by atoms with Gasteiger partial charge in [-0.2, -0.15) is 0 Å². The second-order valence-corrected chi connectivity index (χ2v) is 5.13. The van der Waals surface area contributed by atoms with E-state index < -0.39 is 0 Å². The summed E-state index contributed by atoms with van der Waals surface area (Å²) in [6.07, 6.45) is 3.17. The standard InChI is InChI=1S/C15H10Cl2N4/c16-10-4-6-12(18-8-10)13-2-1-3-15(20-13)21-14-7-5-11(17)9-19-14/h1-9H,(H,19,20,21). The van der Waals surface area contributed by atoms with E-state index in [1.807, 2.05) is 24.3 Å². The zero-order chi connectivity index (χ0) is 14.7. The van der Waals surface area contributed by atoms with E-state index in [9.17, 15) is 0 Å². The molecule has 0 aliphatic carbocycles. The molecule has 0 atom stereocenters. The highest BCUT2D eigenvalue weighted by molar-refractivity contribution is 6.30. The van der Waals surface area contributed by atoms with Crippen LogP contribution in [-0.4, -0.2) is 15.0 Å². The van der Waals surface area contributed by atoms with Gasteiger partial charge in [-0.05, 0) is 36.4 Å². The van der Waals surface area contributed by atoms with Gasteiger partial charge in [0.25, 0.3) is 0 Å². The number of nitrogens with one attached hydrogen (secondary N) is 1. The summed E-state index contributed by atoms with van der Waals surface area (Å²) in [6.45, 7) is 0. The molecule has 0 spiro atoms. The fraction of sp³-hybridized carbons (Fsp3) is 0. The zero-order valence-electron chi connectivity index (χ0n) is 10.8. The highest BCUT2D eigenvalue weighted by Crippen LogP contribution is 2.20. The van der Waals surface area contributed by atoms with E-state index in [0.717, 1.165) is 11.4 Å². The molecule has 0 fully saturated rings. The Kier molecular flexibility index (Phi) is 3.99. The zero-order valence-corrected chi connectivity index (χ0v) is 12.3. The number of pyridine rings is 3. The van der Waals surface area contributed by atoms with Gasteiger partial charge in [0, 0.05) is 12.4 Å². The molecule has 0 bridgehead atoms. The van der Waals surface area contributed by atoms with Crippen LogP contribution in [0.25, 0.3) is 11.4 Å². The Labute approximate surface area is 131 Å². The van der Waals surface area contributed by atoms with Crippen LogP contribution in [0.3, 0.4) is 0 Å². The third-order valence-corrected chi connectivity index (χ3v) is 3.17. The number of hydrogen-bond donors (Lipinski definition) is 1. The molecule has 0 aliphatic heterocycles. The van der Waals surface area contributed by atoms with Gasteiger partial charge in [0.1, 0.15) is 11.6 Å². The van der Waals surface area contributed by atoms with Crippen molar-refractivity contribution in [1.29, 1.82) is 0 Å². The van der Waals surface area contributed by atoms with Crippen LogP contribution in [0.2, 0.25) is 10.0 Å². The molecule has 4 nitrogen and oxygen atoms in total. The first-order chi connectivity index (χ1) is 10.2. The summed E-state index contributed by atoms with van der Waals surface area (Å²) >= 11 is 11.6. The van der Waals surface area contributed by atoms with Crippen LogP contribution in [0.15, 0.2) is 54.9 Å². The highest BCUT2D eigenvalue weighted by Gasteiger charge is 2.03. The molecule has 3 aromatic rings. The van der Waals surface area contributed by atoms with Gasteiger partial charge in [0.2, 0.25) is 0 Å². The number of halogens is 2. The second kappa shape index (κ2) is 6.08. The summed E-state index contributed by atoms with van der Waals surface area (Å²) in [5.41, 5.74) is 1.51. The molecular weight excluding hydrogens is 307 g/mol. The number of aromatic nitrogens is 3. The third kappa shape index (κ3) is 3.48. The molecule has 104 valence electrons. The summed E-state index contributed by atoms with van der Waals surface area (Å²) in [7, 11) is 0. The predicted octanol–water partition coefficient (Wildman–Crippen LogP) is 4.59. The Morgan fingerprint density at radius 3 is 2.14 bits per heavy atom. The van der Waals surface area contributed by atoms with Crippen molar-refractivity contribution in [3.05, 3.63) is 64.9 Å². The van der Waals surface area contributed by atoms with E-state index in [1.165, 1.54) is 0 Å². The molecule has 3 heterocycles. The van der Waals surface area contributed by atoms with Crippen molar-refractivity contribution in [3.63, 3.8) is 0 Å². The van der Waals surface area contributed by atoms with Crippen LogP contribution in [0, 0.1) is 0 Å². The smallest absolute Gasteiger partial charge is 0.132 e. The molecule has 6 heteroatoms. The lowest BCUT2D eigenvalue weighted by molar-refractivity contribution is 1.22. The summed E-state index contributed by atoms with van der Waals surface area (Å²) in [6, 6.07) is 12.8. The van der Waals surface area contributed by atoms with E-state index in [0.29, 0.717) is 21.7 Å². The average molecular weight is 317 g/mol. The van der Waals surface area contributed by atoms with E-state index in [2.05, 4.69) is 20.3 Å². The lowest BCUT2D eigenvalue weighted by atomic mass is 10.2. The first-order valence-electron chi connectivity index (χ1n) is 6.18. The van der Waals surface area contributed by atoms with Crippen molar-refractivity contribution in [2.75, 3.05) is 5.32 Å². The quantitative estimate of drug-likeness (QED) is 0.767. The van der Waals surface area contributed by atoms with E-state index in [1.54, 1.807) is 30.6 Å². The van der Waals surface area contributed by atoms with Gasteiger partial charge in [-0.3, -0.25) is 4.98 Å². The van der Waals surface area contributed by atoms with Crippen LogP contribution in [0.1, 0.15) is 0 Å². The lowest BCUT2D eigenvalue weighted by Gasteiger charge is -2.06. The topological polar surface area (TPSA) is 50.7 Å². The Hall–Kier alpha value is -2.17. The lowest BCUT2D eigenvalue weighted by Crippen LogP contribution is -1.97. The average Bonchev–Trinajstić information content (AvgIpc) is 2.51. The van der Waals surface area contributed by atoms with Crippen LogP contribution in [0.4, 0.5) is 11.6 Å². The van der Waals surface area contributed by atoms with Gasteiger partial charge < -0.3 is 5.32 Å². The monoisotopic (exact) mass is 316 g/mol. The van der Waals surface area contributed by atoms with Crippen molar-refractivity contribution in [2.24, 2.45) is 0 Å². The number of anilines is 2. The molecule has 0 amide bonds. The molecule has 0 radical (unpaired) electrons. The fourth-order valence-corrected chi connectivity index (χ4v) is 1.98. The van der Waals surface area contributed by atoms with Gasteiger partial charge in [0.05, 0.1) is 21.4 Å². The first kappa shape index (κ1) is 13.8. The molecule has 21 heavy (non-hydrogen) atoms. The summed E-state index contributed by atoms with van der Waals surface area (Å²) in [5.74, 6) is 1.35. The first-order valence-corrected chi connectivity index (χ1v) is 6.94. The molecular formula is C15H10Cl2N4. The summed E-state index contributed by atoms with van der Waals surface area (Å²) < 4.78 is 0. The minimum absolute atomic E-state index is 0.590. The Morgan fingerprint density at radius 1 is 0.714 bits per heavy atom. The molecule has 0 saturated heterocycles. The minimum Gasteiger partial charge on any atom is -0.325 e. The highest BCUT2D eigenvalue weighted by atomic mass is 35.5. The largest absolute Gasteiger partial charge is 0.325 e. The maximum Gasteiger partial charge on any atom is 0.132 e. The van der Waals surface area contributed by atoms with Gasteiger partial charge >= 0.3 is 0 Å². The van der Waals surface area contributed by atoms with Crippen LogP contribution >= 0.6 is 23.2 Å². The van der Waals surface area contributed by atoms with Crippen molar-refractivity contribution in [2.45, 2.75) is 0 Å². The van der Waals surface area contributed by atoms with E-state index in [4.69, 9.17) is 23.2 Å². The number of nitrogens with zero attached hydrogens (tertiary/aromatic N) is 3. The van der Waals surface area contributed by atoms with Gasteiger partial charge in [-0.25, -0.2) is 9.97 Å². The summed E-state index contributed by atoms with van der Waals surface area (Å²) in [4.78, 5) is 12.9. The maximum absolute atomic E-state index is 5.84. The van der Waals surface area contributed by atoms with Crippen LogP contribution in [0.5, 0.6) is 0 Å². The van der Waals surface area contributed by atoms with Gasteiger partial charge in [-0.15, -0.1) is 0 Å². The Morgan fingerprint density at radius 2 is 1.48 bits per heavy atom. The molecule has 3 aromatic heterocycles. The van der Waals surface area contributed by atoms with Gasteiger partial charge in [0.15, 0.2) is 0 Å². The molecule has 0 aromatic carbocycles. The fourth-order valence-electron chi connectivity index (χ4n) is 1.76. The maximum atomic E-state index is 5.84. The van der Waals surface area contributed by atoms with Crippen molar-refractivity contribution in [1.82, 2.24) is 15.0 Å². The second-order valence-electron chi connectivity index (χ2n) is 4.26. The molecule has 0 aliphatic rings. The van der Waals surface area contributed by atoms with E-state index >= 15 is 0 Å². The third-order valence-electron chi connectivity index (χ3n) is 2.72. The van der Waals surface area contributed by atoms with Crippen LogP contribution in [-0.2, 0) is 0 Å². The summed E-state index contributed by atoms with van der Waals surface area (Å²) in [5, 5.41) is 4.30. The molecule has 0 saturated carbocycles. The van der Waals surface area contributed by atoms with Crippen molar-refractivity contribution in [3.8, 4) is 11.4 Å². The molecule has 3 rings (SSSR count). The number of hydrogen-bond acceptors (Lipinski definition) is 4. The Bertz CT molecular complexity index is 742. The number of rotatable bonds is 3. The van der Waals surface area contributed by atoms with Crippen molar-refractivity contribution < 1.29 is 0 Å².